The fraction of sp³-hybridized carbons (Fsp3) is 0.0833. The van der Waals surface area contributed by atoms with Crippen LogP contribution in [0.2, 0.25) is 0 Å². The van der Waals surface area contributed by atoms with Crippen LogP contribution in [0.15, 0.2) is 33.3 Å². The van der Waals surface area contributed by atoms with E-state index in [0.717, 1.165) is 6.20 Å². The van der Waals surface area contributed by atoms with E-state index < -0.39 is 10.7 Å². The zero-order valence-corrected chi connectivity index (χ0v) is 13.2. The second-order valence-electron chi connectivity index (χ2n) is 3.82. The third-order valence-corrected chi connectivity index (χ3v) is 4.08. The first-order valence-corrected chi connectivity index (χ1v) is 6.91. The minimum absolute atomic E-state index is 0.119. The summed E-state index contributed by atoms with van der Waals surface area (Å²) in [6.07, 6.45) is 1.10. The summed E-state index contributed by atoms with van der Waals surface area (Å²) in [6, 6.07) is 4.24. The van der Waals surface area contributed by atoms with E-state index in [1.54, 1.807) is 13.0 Å². The maximum Gasteiger partial charge on any atom is 0.291 e. The fourth-order valence-electron chi connectivity index (χ4n) is 1.45. The monoisotopic (exact) mass is 404 g/mol. The van der Waals surface area contributed by atoms with Gasteiger partial charge in [0.15, 0.2) is 0 Å². The van der Waals surface area contributed by atoms with Crippen molar-refractivity contribution in [2.24, 2.45) is 0 Å². The standard InChI is InChI=1S/C12H7Br2FN2O3/c1-6-10(17(18)19)5-16-12(11(6)14)20-7-2-3-8(13)9(15)4-7/h2-5H,1H3. The zero-order chi connectivity index (χ0) is 14.9. The van der Waals surface area contributed by atoms with Gasteiger partial charge in [0, 0.05) is 11.6 Å². The van der Waals surface area contributed by atoms with Crippen molar-refractivity contribution in [1.29, 1.82) is 0 Å². The Balaban J connectivity index is 2.37. The number of pyridine rings is 1. The highest BCUT2D eigenvalue weighted by atomic mass is 79.9. The average molecular weight is 406 g/mol. The lowest BCUT2D eigenvalue weighted by molar-refractivity contribution is -0.385. The minimum atomic E-state index is -0.532. The molecule has 0 saturated heterocycles. The Morgan fingerprint density at radius 3 is 2.70 bits per heavy atom. The number of ether oxygens (including phenoxy) is 1. The predicted molar refractivity (Wildman–Crippen MR) is 77.5 cm³/mol. The molecule has 0 bridgehead atoms. The molecule has 0 amide bonds. The van der Waals surface area contributed by atoms with Crippen molar-refractivity contribution >= 4 is 37.5 Å². The van der Waals surface area contributed by atoms with Crippen molar-refractivity contribution < 1.29 is 14.1 Å². The Morgan fingerprint density at radius 2 is 2.10 bits per heavy atom. The van der Waals surface area contributed by atoms with Crippen molar-refractivity contribution in [3.8, 4) is 11.6 Å². The lowest BCUT2D eigenvalue weighted by Gasteiger charge is -2.09. The summed E-state index contributed by atoms with van der Waals surface area (Å²) in [5.41, 5.74) is 0.267. The summed E-state index contributed by atoms with van der Waals surface area (Å²) in [5.74, 6) is -0.0979. The van der Waals surface area contributed by atoms with Crippen LogP contribution in [0.1, 0.15) is 5.56 Å². The van der Waals surface area contributed by atoms with Crippen LogP contribution in [-0.4, -0.2) is 9.91 Å². The van der Waals surface area contributed by atoms with E-state index in [9.17, 15) is 14.5 Å². The van der Waals surface area contributed by atoms with Crippen LogP contribution < -0.4 is 4.74 Å². The van der Waals surface area contributed by atoms with Gasteiger partial charge in [-0.1, -0.05) is 0 Å². The molecular weight excluding hydrogens is 399 g/mol. The molecule has 0 aliphatic heterocycles. The normalized spacial score (nSPS) is 10.4. The van der Waals surface area contributed by atoms with Crippen LogP contribution in [0.5, 0.6) is 11.6 Å². The topological polar surface area (TPSA) is 65.3 Å². The van der Waals surface area contributed by atoms with Gasteiger partial charge in [-0.2, -0.15) is 0 Å². The molecule has 0 unspecified atom stereocenters. The molecule has 0 radical (unpaired) electrons. The first-order valence-electron chi connectivity index (χ1n) is 5.32. The highest BCUT2D eigenvalue weighted by Gasteiger charge is 2.18. The summed E-state index contributed by atoms with van der Waals surface area (Å²) in [5, 5.41) is 10.8. The Hall–Kier alpha value is -1.54. The molecule has 0 atom stereocenters. The van der Waals surface area contributed by atoms with Gasteiger partial charge in [-0.05, 0) is 50.9 Å². The highest BCUT2D eigenvalue weighted by Crippen LogP contribution is 2.35. The van der Waals surface area contributed by atoms with E-state index in [1.807, 2.05) is 0 Å². The van der Waals surface area contributed by atoms with Gasteiger partial charge in [0.25, 0.3) is 5.69 Å². The van der Waals surface area contributed by atoms with Gasteiger partial charge in [0.1, 0.15) is 17.8 Å². The molecule has 1 aromatic carbocycles. The number of nitro groups is 1. The highest BCUT2D eigenvalue weighted by molar-refractivity contribution is 9.10. The molecule has 20 heavy (non-hydrogen) atoms. The molecule has 0 aliphatic carbocycles. The largest absolute Gasteiger partial charge is 0.438 e. The van der Waals surface area contributed by atoms with E-state index in [4.69, 9.17) is 4.74 Å². The fourth-order valence-corrected chi connectivity index (χ4v) is 2.09. The van der Waals surface area contributed by atoms with Crippen molar-refractivity contribution in [3.63, 3.8) is 0 Å². The summed E-state index contributed by atoms with van der Waals surface area (Å²) in [4.78, 5) is 14.1. The number of rotatable bonds is 3. The number of benzene rings is 1. The smallest absolute Gasteiger partial charge is 0.291 e. The van der Waals surface area contributed by atoms with Crippen molar-refractivity contribution in [2.45, 2.75) is 6.92 Å². The van der Waals surface area contributed by atoms with Crippen molar-refractivity contribution in [2.75, 3.05) is 0 Å². The van der Waals surface area contributed by atoms with E-state index in [2.05, 4.69) is 36.8 Å². The number of nitrogens with zero attached hydrogens (tertiary/aromatic N) is 2. The minimum Gasteiger partial charge on any atom is -0.438 e. The van der Waals surface area contributed by atoms with E-state index in [1.165, 1.54) is 12.1 Å². The van der Waals surface area contributed by atoms with Gasteiger partial charge in [0.05, 0.1) is 13.9 Å². The van der Waals surface area contributed by atoms with Crippen LogP contribution in [0, 0.1) is 22.9 Å². The molecule has 0 N–H and O–H groups in total. The summed E-state index contributed by atoms with van der Waals surface area (Å²) in [7, 11) is 0. The molecule has 0 aliphatic rings. The molecule has 2 aromatic rings. The van der Waals surface area contributed by atoms with Crippen molar-refractivity contribution in [3.05, 3.63) is 54.8 Å². The van der Waals surface area contributed by atoms with Crippen LogP contribution >= 0.6 is 31.9 Å². The van der Waals surface area contributed by atoms with E-state index >= 15 is 0 Å². The summed E-state index contributed by atoms with van der Waals surface area (Å²) < 4.78 is 19.5. The Kier molecular flexibility index (Phi) is 4.34. The summed E-state index contributed by atoms with van der Waals surface area (Å²) >= 11 is 6.23. The first-order chi connectivity index (χ1) is 9.40. The quantitative estimate of drug-likeness (QED) is 0.545. The van der Waals surface area contributed by atoms with E-state index in [-0.39, 0.29) is 17.3 Å². The molecule has 0 fully saturated rings. The maximum absolute atomic E-state index is 13.4. The van der Waals surface area contributed by atoms with Gasteiger partial charge < -0.3 is 4.74 Å². The Bertz CT molecular complexity index is 695. The molecular formula is C12H7Br2FN2O3. The van der Waals surface area contributed by atoms with Gasteiger partial charge >= 0.3 is 0 Å². The lowest BCUT2D eigenvalue weighted by Crippen LogP contribution is -1.97. The third kappa shape index (κ3) is 2.96. The number of hydrogen-bond acceptors (Lipinski definition) is 4. The molecule has 2 rings (SSSR count). The SMILES string of the molecule is Cc1c([N+](=O)[O-])cnc(Oc2ccc(Br)c(F)c2)c1Br. The van der Waals surface area contributed by atoms with Crippen molar-refractivity contribution in [1.82, 2.24) is 4.98 Å². The van der Waals surface area contributed by atoms with Gasteiger partial charge in [-0.15, -0.1) is 0 Å². The molecule has 0 saturated carbocycles. The van der Waals surface area contributed by atoms with Crippen LogP contribution in [-0.2, 0) is 0 Å². The lowest BCUT2D eigenvalue weighted by atomic mass is 10.2. The van der Waals surface area contributed by atoms with Crippen LogP contribution in [0.3, 0.4) is 0 Å². The third-order valence-electron chi connectivity index (χ3n) is 2.51. The molecule has 1 heterocycles. The van der Waals surface area contributed by atoms with E-state index in [0.29, 0.717) is 14.5 Å². The van der Waals surface area contributed by atoms with Crippen LogP contribution in [0.25, 0.3) is 0 Å². The van der Waals surface area contributed by atoms with Gasteiger partial charge in [-0.3, -0.25) is 10.1 Å². The molecule has 1 aromatic heterocycles. The number of hydrogen-bond donors (Lipinski definition) is 0. The number of aromatic nitrogens is 1. The second kappa shape index (κ2) is 5.84. The first kappa shape index (κ1) is 14.9. The zero-order valence-electron chi connectivity index (χ0n) is 10.1. The molecule has 8 heteroatoms. The average Bonchev–Trinajstić information content (AvgIpc) is 2.39. The van der Waals surface area contributed by atoms with Crippen LogP contribution in [0.4, 0.5) is 10.1 Å². The molecule has 104 valence electrons. The number of halogens is 3. The molecule has 0 spiro atoms. The molecule has 5 nitrogen and oxygen atoms in total. The Labute approximate surface area is 130 Å². The van der Waals surface area contributed by atoms with Gasteiger partial charge in [0.2, 0.25) is 5.88 Å². The second-order valence-corrected chi connectivity index (χ2v) is 5.47. The predicted octanol–water partition coefficient (Wildman–Crippen LogP) is 4.75. The summed E-state index contributed by atoms with van der Waals surface area (Å²) in [6.45, 7) is 1.57. The Morgan fingerprint density at radius 1 is 1.40 bits per heavy atom. The maximum atomic E-state index is 13.4. The van der Waals surface area contributed by atoms with Gasteiger partial charge in [-0.25, -0.2) is 9.37 Å².